The topological polar surface area (TPSA) is 20.2 Å². The van der Waals surface area contributed by atoms with Gasteiger partial charge in [-0.05, 0) is 24.1 Å². The van der Waals surface area contributed by atoms with Gasteiger partial charge in [-0.2, -0.15) is 0 Å². The first-order chi connectivity index (χ1) is 6.22. The van der Waals surface area contributed by atoms with E-state index in [9.17, 15) is 9.50 Å². The Labute approximate surface area is 77.2 Å². The molecule has 1 N–H and O–H groups in total. The van der Waals surface area contributed by atoms with E-state index in [-0.39, 0.29) is 5.82 Å². The Hall–Kier alpha value is -1.33. The van der Waals surface area contributed by atoms with E-state index in [1.807, 2.05) is 0 Å². The zero-order valence-electron chi connectivity index (χ0n) is 7.20. The van der Waals surface area contributed by atoms with Crippen LogP contribution >= 0.6 is 0 Å². The molecule has 1 aromatic rings. The van der Waals surface area contributed by atoms with Gasteiger partial charge in [0.2, 0.25) is 0 Å². The Morgan fingerprint density at radius 3 is 2.54 bits per heavy atom. The molecular weight excluding hydrogens is 167 g/mol. The summed E-state index contributed by atoms with van der Waals surface area (Å²) in [5.74, 6) is 2.11. The summed E-state index contributed by atoms with van der Waals surface area (Å²) < 4.78 is 12.5. The Kier molecular flexibility index (Phi) is 3.48. The second-order valence-corrected chi connectivity index (χ2v) is 2.89. The summed E-state index contributed by atoms with van der Waals surface area (Å²) in [5.41, 5.74) is 0.893. The van der Waals surface area contributed by atoms with Crippen LogP contribution < -0.4 is 0 Å². The number of aliphatic hydroxyl groups is 1. The summed E-state index contributed by atoms with van der Waals surface area (Å²) in [4.78, 5) is 0. The fourth-order valence-corrected chi connectivity index (χ4v) is 1.10. The fourth-order valence-electron chi connectivity index (χ4n) is 1.10. The van der Waals surface area contributed by atoms with Crippen molar-refractivity contribution in [2.24, 2.45) is 0 Å². The minimum Gasteiger partial charge on any atom is -0.392 e. The zero-order chi connectivity index (χ0) is 9.68. The molecule has 0 aliphatic rings. The minimum atomic E-state index is -0.532. The molecule has 0 bridgehead atoms. The van der Waals surface area contributed by atoms with E-state index in [0.717, 1.165) is 5.56 Å². The highest BCUT2D eigenvalue weighted by atomic mass is 19.1. The monoisotopic (exact) mass is 178 g/mol. The van der Waals surface area contributed by atoms with Crippen molar-refractivity contribution in [1.29, 1.82) is 0 Å². The van der Waals surface area contributed by atoms with Crippen LogP contribution in [0.4, 0.5) is 4.39 Å². The summed E-state index contributed by atoms with van der Waals surface area (Å²) in [6.07, 6.45) is 5.31. The van der Waals surface area contributed by atoms with Crippen LogP contribution in [-0.4, -0.2) is 11.2 Å². The molecule has 0 aliphatic heterocycles. The maximum atomic E-state index is 12.5. The van der Waals surface area contributed by atoms with Crippen molar-refractivity contribution in [2.75, 3.05) is 0 Å². The van der Waals surface area contributed by atoms with Crippen molar-refractivity contribution in [1.82, 2.24) is 0 Å². The second-order valence-electron chi connectivity index (χ2n) is 2.89. The first kappa shape index (κ1) is 9.76. The molecule has 0 fully saturated rings. The second kappa shape index (κ2) is 4.64. The molecular formula is C11H11FO. The van der Waals surface area contributed by atoms with E-state index in [1.54, 1.807) is 12.1 Å². The smallest absolute Gasteiger partial charge is 0.123 e. The Bertz CT molecular complexity index is 297. The molecule has 1 unspecified atom stereocenters. The highest BCUT2D eigenvalue weighted by Gasteiger charge is 2.03. The third-order valence-corrected chi connectivity index (χ3v) is 1.74. The van der Waals surface area contributed by atoms with Gasteiger partial charge >= 0.3 is 0 Å². The Balaban J connectivity index is 2.55. The molecule has 1 atom stereocenters. The van der Waals surface area contributed by atoms with E-state index in [4.69, 9.17) is 6.42 Å². The van der Waals surface area contributed by atoms with Gasteiger partial charge in [0.1, 0.15) is 5.82 Å². The number of aliphatic hydroxyl groups excluding tert-OH is 1. The number of halogens is 1. The van der Waals surface area contributed by atoms with Crippen molar-refractivity contribution < 1.29 is 9.50 Å². The van der Waals surface area contributed by atoms with Crippen LogP contribution in [0, 0.1) is 18.2 Å². The van der Waals surface area contributed by atoms with Crippen LogP contribution in [0.25, 0.3) is 0 Å². The number of hydrogen-bond acceptors (Lipinski definition) is 1. The van der Waals surface area contributed by atoms with Crippen molar-refractivity contribution in [3.63, 3.8) is 0 Å². The molecule has 0 saturated heterocycles. The van der Waals surface area contributed by atoms with Crippen LogP contribution in [0.5, 0.6) is 0 Å². The van der Waals surface area contributed by atoms with Crippen molar-refractivity contribution >= 4 is 0 Å². The minimum absolute atomic E-state index is 0.268. The molecule has 0 saturated carbocycles. The van der Waals surface area contributed by atoms with Crippen LogP contribution in [0.2, 0.25) is 0 Å². The Morgan fingerprint density at radius 1 is 1.38 bits per heavy atom. The molecule has 2 heteroatoms. The Morgan fingerprint density at radius 2 is 2.00 bits per heavy atom. The molecule has 0 aromatic heterocycles. The summed E-state index contributed by atoms with van der Waals surface area (Å²) in [7, 11) is 0. The number of benzene rings is 1. The normalized spacial score (nSPS) is 12.1. The lowest BCUT2D eigenvalue weighted by Crippen LogP contribution is -2.08. The average molecular weight is 178 g/mol. The van der Waals surface area contributed by atoms with E-state index in [1.165, 1.54) is 12.1 Å². The lowest BCUT2D eigenvalue weighted by Gasteiger charge is -2.06. The summed E-state index contributed by atoms with van der Waals surface area (Å²) >= 11 is 0. The third kappa shape index (κ3) is 3.27. The van der Waals surface area contributed by atoms with Gasteiger partial charge in [0.05, 0.1) is 6.10 Å². The van der Waals surface area contributed by atoms with Crippen molar-refractivity contribution in [3.05, 3.63) is 35.6 Å². The highest BCUT2D eigenvalue weighted by Crippen LogP contribution is 2.07. The predicted octanol–water partition coefficient (Wildman–Crippen LogP) is 1.75. The summed E-state index contributed by atoms with van der Waals surface area (Å²) in [5, 5.41) is 9.34. The SMILES string of the molecule is C#CCC(O)Cc1ccc(F)cc1. The number of rotatable bonds is 3. The van der Waals surface area contributed by atoms with Gasteiger partial charge in [-0.3, -0.25) is 0 Å². The van der Waals surface area contributed by atoms with Crippen LogP contribution in [0.1, 0.15) is 12.0 Å². The van der Waals surface area contributed by atoms with Crippen molar-refractivity contribution in [2.45, 2.75) is 18.9 Å². The predicted molar refractivity (Wildman–Crippen MR) is 49.6 cm³/mol. The summed E-state index contributed by atoms with van der Waals surface area (Å²) in [6, 6.07) is 6.04. The maximum Gasteiger partial charge on any atom is 0.123 e. The standard InChI is InChI=1S/C11H11FO/c1-2-3-11(13)8-9-4-6-10(12)7-5-9/h1,4-7,11,13H,3,8H2. The molecule has 0 radical (unpaired) electrons. The van der Waals surface area contributed by atoms with E-state index < -0.39 is 6.10 Å². The third-order valence-electron chi connectivity index (χ3n) is 1.74. The largest absolute Gasteiger partial charge is 0.392 e. The van der Waals surface area contributed by atoms with Gasteiger partial charge < -0.3 is 5.11 Å². The van der Waals surface area contributed by atoms with Gasteiger partial charge in [-0.25, -0.2) is 4.39 Å². The van der Waals surface area contributed by atoms with Gasteiger partial charge in [0.25, 0.3) is 0 Å². The summed E-state index contributed by atoms with van der Waals surface area (Å²) in [6.45, 7) is 0. The zero-order valence-corrected chi connectivity index (χ0v) is 7.20. The van der Waals surface area contributed by atoms with E-state index in [0.29, 0.717) is 12.8 Å². The molecule has 0 aliphatic carbocycles. The number of hydrogen-bond donors (Lipinski definition) is 1. The molecule has 0 heterocycles. The molecule has 1 aromatic carbocycles. The molecule has 0 spiro atoms. The van der Waals surface area contributed by atoms with E-state index in [2.05, 4.69) is 5.92 Å². The van der Waals surface area contributed by atoms with Gasteiger partial charge in [-0.15, -0.1) is 12.3 Å². The van der Waals surface area contributed by atoms with Crippen LogP contribution in [0.15, 0.2) is 24.3 Å². The first-order valence-corrected chi connectivity index (χ1v) is 4.08. The highest BCUT2D eigenvalue weighted by molar-refractivity contribution is 5.17. The lowest BCUT2D eigenvalue weighted by atomic mass is 10.1. The van der Waals surface area contributed by atoms with Crippen molar-refractivity contribution in [3.8, 4) is 12.3 Å². The number of terminal acetylenes is 1. The molecule has 1 rings (SSSR count). The average Bonchev–Trinajstić information content (AvgIpc) is 2.09. The van der Waals surface area contributed by atoms with Crippen LogP contribution in [-0.2, 0) is 6.42 Å². The molecule has 1 nitrogen and oxygen atoms in total. The quantitative estimate of drug-likeness (QED) is 0.699. The molecule has 68 valence electrons. The maximum absolute atomic E-state index is 12.5. The van der Waals surface area contributed by atoms with Gasteiger partial charge in [-0.1, -0.05) is 12.1 Å². The van der Waals surface area contributed by atoms with Crippen LogP contribution in [0.3, 0.4) is 0 Å². The fraction of sp³-hybridized carbons (Fsp3) is 0.273. The van der Waals surface area contributed by atoms with Gasteiger partial charge in [0, 0.05) is 6.42 Å². The van der Waals surface area contributed by atoms with Gasteiger partial charge in [0.15, 0.2) is 0 Å². The lowest BCUT2D eigenvalue weighted by molar-refractivity contribution is 0.181. The molecule has 13 heavy (non-hydrogen) atoms. The molecule has 0 amide bonds. The van der Waals surface area contributed by atoms with E-state index >= 15 is 0 Å². The first-order valence-electron chi connectivity index (χ1n) is 4.08.